The Morgan fingerprint density at radius 3 is 2.75 bits per heavy atom. The van der Waals surface area contributed by atoms with E-state index in [9.17, 15) is 4.79 Å². The molecule has 1 heterocycles. The summed E-state index contributed by atoms with van der Waals surface area (Å²) < 4.78 is 2.14. The van der Waals surface area contributed by atoms with E-state index in [1.807, 2.05) is 25.1 Å². The fraction of sp³-hybridized carbons (Fsp3) is 0.312. The van der Waals surface area contributed by atoms with E-state index < -0.39 is 0 Å². The first kappa shape index (κ1) is 14.2. The third-order valence-electron chi connectivity index (χ3n) is 3.47. The predicted molar refractivity (Wildman–Crippen MR) is 82.0 cm³/mol. The summed E-state index contributed by atoms with van der Waals surface area (Å²) in [6.07, 6.45) is 4.20. The Bertz CT molecular complexity index is 602. The van der Waals surface area contributed by atoms with Gasteiger partial charge in [-0.05, 0) is 43.2 Å². The van der Waals surface area contributed by atoms with Crippen LogP contribution >= 0.6 is 0 Å². The zero-order valence-electron chi connectivity index (χ0n) is 12.2. The summed E-state index contributed by atoms with van der Waals surface area (Å²) in [6, 6.07) is 7.84. The molecule has 1 aromatic heterocycles. The van der Waals surface area contributed by atoms with Gasteiger partial charge < -0.3 is 15.2 Å². The van der Waals surface area contributed by atoms with Gasteiger partial charge in [-0.3, -0.25) is 4.79 Å². The monoisotopic (exact) mass is 271 g/mol. The van der Waals surface area contributed by atoms with Crippen molar-refractivity contribution in [2.45, 2.75) is 26.9 Å². The van der Waals surface area contributed by atoms with E-state index in [1.165, 1.54) is 5.56 Å². The summed E-state index contributed by atoms with van der Waals surface area (Å²) in [4.78, 5) is 11.8. The van der Waals surface area contributed by atoms with Crippen molar-refractivity contribution in [2.75, 3.05) is 12.4 Å². The van der Waals surface area contributed by atoms with Crippen LogP contribution in [0.2, 0.25) is 0 Å². The van der Waals surface area contributed by atoms with Crippen molar-refractivity contribution in [3.8, 4) is 0 Å². The molecule has 2 rings (SSSR count). The zero-order chi connectivity index (χ0) is 14.5. The van der Waals surface area contributed by atoms with E-state index in [0.29, 0.717) is 5.56 Å². The van der Waals surface area contributed by atoms with Crippen molar-refractivity contribution in [1.82, 2.24) is 9.88 Å². The number of carbonyl (C=O) groups excluding carboxylic acids is 1. The molecule has 0 unspecified atom stereocenters. The Labute approximate surface area is 119 Å². The number of hydrogen-bond donors (Lipinski definition) is 2. The van der Waals surface area contributed by atoms with Crippen molar-refractivity contribution in [2.24, 2.45) is 0 Å². The van der Waals surface area contributed by atoms with Crippen LogP contribution in [-0.4, -0.2) is 17.5 Å². The summed E-state index contributed by atoms with van der Waals surface area (Å²) in [5.41, 5.74) is 3.91. The highest BCUT2D eigenvalue weighted by molar-refractivity contribution is 5.96. The maximum atomic E-state index is 11.8. The largest absolute Gasteiger partial charge is 0.381 e. The van der Waals surface area contributed by atoms with E-state index in [2.05, 4.69) is 40.6 Å². The van der Waals surface area contributed by atoms with Gasteiger partial charge in [-0.15, -0.1) is 0 Å². The molecule has 4 heteroatoms. The van der Waals surface area contributed by atoms with Gasteiger partial charge in [0.25, 0.3) is 5.91 Å². The predicted octanol–water partition coefficient (Wildman–Crippen LogP) is 2.79. The summed E-state index contributed by atoms with van der Waals surface area (Å²) in [6.45, 7) is 5.81. The number of anilines is 1. The van der Waals surface area contributed by atoms with Crippen LogP contribution in [0.25, 0.3) is 0 Å². The Hall–Kier alpha value is -2.23. The average Bonchev–Trinajstić information content (AvgIpc) is 2.93. The number of benzene rings is 1. The van der Waals surface area contributed by atoms with Gasteiger partial charge in [0.05, 0.1) is 0 Å². The molecule has 2 aromatic rings. The third-order valence-corrected chi connectivity index (χ3v) is 3.47. The normalized spacial score (nSPS) is 10.3. The van der Waals surface area contributed by atoms with E-state index in [1.54, 1.807) is 7.05 Å². The lowest BCUT2D eigenvalue weighted by Gasteiger charge is -2.12. The fourth-order valence-electron chi connectivity index (χ4n) is 2.20. The molecule has 0 bridgehead atoms. The molecule has 4 nitrogen and oxygen atoms in total. The SMILES string of the molecule is CCn1ccc(CNc2cccc(C(=O)NC)c2C)c1. The maximum absolute atomic E-state index is 11.8. The second-order valence-corrected chi connectivity index (χ2v) is 4.76. The molecule has 20 heavy (non-hydrogen) atoms. The van der Waals surface area contributed by atoms with Crippen molar-refractivity contribution in [3.63, 3.8) is 0 Å². The molecule has 0 saturated carbocycles. The zero-order valence-corrected chi connectivity index (χ0v) is 12.2. The molecule has 0 atom stereocenters. The number of hydrogen-bond acceptors (Lipinski definition) is 2. The van der Waals surface area contributed by atoms with Crippen LogP contribution in [-0.2, 0) is 13.1 Å². The molecule has 0 radical (unpaired) electrons. The van der Waals surface area contributed by atoms with Gasteiger partial charge in [-0.1, -0.05) is 6.07 Å². The highest BCUT2D eigenvalue weighted by Crippen LogP contribution is 2.19. The number of aromatic nitrogens is 1. The van der Waals surface area contributed by atoms with Gasteiger partial charge >= 0.3 is 0 Å². The molecular formula is C16H21N3O. The van der Waals surface area contributed by atoms with E-state index >= 15 is 0 Å². The van der Waals surface area contributed by atoms with E-state index in [4.69, 9.17) is 0 Å². The molecule has 106 valence electrons. The lowest BCUT2D eigenvalue weighted by Crippen LogP contribution is -2.19. The summed E-state index contributed by atoms with van der Waals surface area (Å²) in [5.74, 6) is -0.0525. The van der Waals surface area contributed by atoms with Gasteiger partial charge in [-0.2, -0.15) is 0 Å². The third kappa shape index (κ3) is 3.02. The molecular weight excluding hydrogens is 250 g/mol. The smallest absolute Gasteiger partial charge is 0.251 e. The number of amides is 1. The van der Waals surface area contributed by atoms with Crippen LogP contribution in [0.5, 0.6) is 0 Å². The lowest BCUT2D eigenvalue weighted by molar-refractivity contribution is 0.0962. The second kappa shape index (κ2) is 6.28. The average molecular weight is 271 g/mol. The molecule has 0 spiro atoms. The van der Waals surface area contributed by atoms with Crippen molar-refractivity contribution < 1.29 is 4.79 Å². The number of nitrogens with zero attached hydrogens (tertiary/aromatic N) is 1. The minimum Gasteiger partial charge on any atom is -0.381 e. The van der Waals surface area contributed by atoms with Crippen molar-refractivity contribution in [1.29, 1.82) is 0 Å². The summed E-state index contributed by atoms with van der Waals surface area (Å²) >= 11 is 0. The van der Waals surface area contributed by atoms with Gasteiger partial charge in [0.15, 0.2) is 0 Å². The number of rotatable bonds is 5. The Morgan fingerprint density at radius 1 is 1.30 bits per heavy atom. The van der Waals surface area contributed by atoms with Crippen LogP contribution in [0.1, 0.15) is 28.4 Å². The van der Waals surface area contributed by atoms with Gasteiger partial charge in [0.2, 0.25) is 0 Å². The lowest BCUT2D eigenvalue weighted by atomic mass is 10.1. The molecule has 1 aromatic carbocycles. The Morgan fingerprint density at radius 2 is 2.10 bits per heavy atom. The Kier molecular flexibility index (Phi) is 4.45. The molecule has 0 aliphatic carbocycles. The molecule has 0 saturated heterocycles. The first-order valence-electron chi connectivity index (χ1n) is 6.86. The molecule has 1 amide bonds. The maximum Gasteiger partial charge on any atom is 0.251 e. The topological polar surface area (TPSA) is 46.1 Å². The first-order chi connectivity index (χ1) is 9.65. The minimum absolute atomic E-state index is 0.0525. The van der Waals surface area contributed by atoms with Crippen LogP contribution in [0, 0.1) is 6.92 Å². The number of nitrogens with one attached hydrogen (secondary N) is 2. The van der Waals surface area contributed by atoms with Gasteiger partial charge in [0.1, 0.15) is 0 Å². The minimum atomic E-state index is -0.0525. The first-order valence-corrected chi connectivity index (χ1v) is 6.86. The molecule has 0 fully saturated rings. The quantitative estimate of drug-likeness (QED) is 0.878. The fourth-order valence-corrected chi connectivity index (χ4v) is 2.20. The van der Waals surface area contributed by atoms with Crippen LogP contribution < -0.4 is 10.6 Å². The highest BCUT2D eigenvalue weighted by atomic mass is 16.1. The van der Waals surface area contributed by atoms with Crippen molar-refractivity contribution in [3.05, 3.63) is 53.3 Å². The summed E-state index contributed by atoms with van der Waals surface area (Å²) in [7, 11) is 1.65. The standard InChI is InChI=1S/C16H21N3O/c1-4-19-9-8-13(11-19)10-18-15-7-5-6-14(12(15)2)16(20)17-3/h5-9,11,18H,4,10H2,1-3H3,(H,17,20). The second-order valence-electron chi connectivity index (χ2n) is 4.76. The number of aryl methyl sites for hydroxylation is 1. The molecule has 0 aliphatic heterocycles. The number of carbonyl (C=O) groups is 1. The van der Waals surface area contributed by atoms with Crippen LogP contribution in [0.3, 0.4) is 0 Å². The van der Waals surface area contributed by atoms with E-state index in [0.717, 1.165) is 24.3 Å². The summed E-state index contributed by atoms with van der Waals surface area (Å²) in [5, 5.41) is 6.06. The van der Waals surface area contributed by atoms with Crippen LogP contribution in [0.15, 0.2) is 36.7 Å². The van der Waals surface area contributed by atoms with Crippen LogP contribution in [0.4, 0.5) is 5.69 Å². The Balaban J connectivity index is 2.11. The van der Waals surface area contributed by atoms with Gasteiger partial charge in [-0.25, -0.2) is 0 Å². The van der Waals surface area contributed by atoms with Gasteiger partial charge in [0, 0.05) is 43.8 Å². The molecule has 0 aliphatic rings. The van der Waals surface area contributed by atoms with E-state index in [-0.39, 0.29) is 5.91 Å². The molecule has 2 N–H and O–H groups in total. The van der Waals surface area contributed by atoms with Crippen molar-refractivity contribution >= 4 is 11.6 Å². The highest BCUT2D eigenvalue weighted by Gasteiger charge is 2.09.